The highest BCUT2D eigenvalue weighted by molar-refractivity contribution is 5.35. The molecule has 0 spiro atoms. The molecule has 0 aliphatic carbocycles. The first-order valence-electron chi connectivity index (χ1n) is 7.00. The second kappa shape index (κ2) is 7.05. The second-order valence-corrected chi connectivity index (χ2v) is 4.73. The Bertz CT molecular complexity index is 538. The van der Waals surface area contributed by atoms with Gasteiger partial charge < -0.3 is 10.1 Å². The molecule has 5 heteroatoms. The van der Waals surface area contributed by atoms with Crippen LogP contribution in [-0.2, 0) is 13.5 Å². The molecule has 108 valence electrons. The molecule has 5 nitrogen and oxygen atoms in total. The van der Waals surface area contributed by atoms with Crippen molar-refractivity contribution >= 4 is 0 Å². The predicted octanol–water partition coefficient (Wildman–Crippen LogP) is 2.11. The minimum absolute atomic E-state index is 0.237. The van der Waals surface area contributed by atoms with E-state index in [4.69, 9.17) is 4.74 Å². The molecule has 1 atom stereocenters. The van der Waals surface area contributed by atoms with E-state index in [1.165, 1.54) is 5.56 Å². The Kier molecular flexibility index (Phi) is 5.12. The number of hydrogen-bond acceptors (Lipinski definition) is 4. The van der Waals surface area contributed by atoms with Gasteiger partial charge in [0.2, 0.25) is 0 Å². The van der Waals surface area contributed by atoms with Crippen LogP contribution >= 0.6 is 0 Å². The lowest BCUT2D eigenvalue weighted by atomic mass is 10.1. The lowest BCUT2D eigenvalue weighted by Gasteiger charge is -2.17. The number of nitrogens with one attached hydrogen (secondary N) is 1. The van der Waals surface area contributed by atoms with Gasteiger partial charge in [0.05, 0.1) is 6.61 Å². The number of ether oxygens (including phenoxy) is 1. The molecule has 1 aromatic heterocycles. The van der Waals surface area contributed by atoms with Crippen LogP contribution in [0.2, 0.25) is 0 Å². The Hall–Kier alpha value is -1.88. The van der Waals surface area contributed by atoms with Crippen molar-refractivity contribution in [1.29, 1.82) is 0 Å². The first kappa shape index (κ1) is 14.5. The maximum Gasteiger partial charge on any atom is 0.151 e. The molecule has 0 aliphatic rings. The average Bonchev–Trinajstić information content (AvgIpc) is 2.85. The molecule has 0 radical (unpaired) electrons. The van der Waals surface area contributed by atoms with Crippen molar-refractivity contribution in [2.24, 2.45) is 7.05 Å². The van der Waals surface area contributed by atoms with Gasteiger partial charge in [-0.2, -0.15) is 5.10 Å². The zero-order valence-electron chi connectivity index (χ0n) is 12.3. The molecule has 1 N–H and O–H groups in total. The fourth-order valence-corrected chi connectivity index (χ4v) is 2.13. The van der Waals surface area contributed by atoms with Gasteiger partial charge in [0.15, 0.2) is 5.82 Å². The SMILES string of the molecule is CCOc1ccccc1C(C)NCCc1ncn(C)n1. The maximum absolute atomic E-state index is 5.66. The van der Waals surface area contributed by atoms with Crippen molar-refractivity contribution in [3.8, 4) is 5.75 Å². The molecule has 2 aromatic rings. The summed E-state index contributed by atoms with van der Waals surface area (Å²) in [5.74, 6) is 1.82. The minimum atomic E-state index is 0.237. The van der Waals surface area contributed by atoms with Crippen LogP contribution in [0, 0.1) is 0 Å². The van der Waals surface area contributed by atoms with Crippen molar-refractivity contribution < 1.29 is 4.74 Å². The molecule has 1 heterocycles. The Balaban J connectivity index is 1.89. The summed E-state index contributed by atoms with van der Waals surface area (Å²) in [6, 6.07) is 8.38. The van der Waals surface area contributed by atoms with E-state index in [-0.39, 0.29) is 6.04 Å². The number of aromatic nitrogens is 3. The van der Waals surface area contributed by atoms with Gasteiger partial charge in [-0.1, -0.05) is 18.2 Å². The van der Waals surface area contributed by atoms with Crippen LogP contribution in [0.4, 0.5) is 0 Å². The second-order valence-electron chi connectivity index (χ2n) is 4.73. The molecule has 0 aliphatic heterocycles. The first-order chi connectivity index (χ1) is 9.70. The van der Waals surface area contributed by atoms with Crippen LogP contribution < -0.4 is 10.1 Å². The lowest BCUT2D eigenvalue weighted by molar-refractivity contribution is 0.332. The zero-order valence-corrected chi connectivity index (χ0v) is 12.3. The van der Waals surface area contributed by atoms with E-state index in [2.05, 4.69) is 28.4 Å². The summed E-state index contributed by atoms with van der Waals surface area (Å²) >= 11 is 0. The van der Waals surface area contributed by atoms with E-state index >= 15 is 0 Å². The van der Waals surface area contributed by atoms with E-state index in [0.29, 0.717) is 6.61 Å². The number of nitrogens with zero attached hydrogens (tertiary/aromatic N) is 3. The van der Waals surface area contributed by atoms with Gasteiger partial charge in [-0.25, -0.2) is 4.98 Å². The van der Waals surface area contributed by atoms with Crippen molar-refractivity contribution in [2.75, 3.05) is 13.2 Å². The molecule has 2 rings (SSSR count). The third-order valence-corrected chi connectivity index (χ3v) is 3.13. The fourth-order valence-electron chi connectivity index (χ4n) is 2.13. The molecule has 1 aromatic carbocycles. The molecule has 0 amide bonds. The molecular weight excluding hydrogens is 252 g/mol. The third kappa shape index (κ3) is 3.81. The molecule has 0 fully saturated rings. The van der Waals surface area contributed by atoms with Crippen molar-refractivity contribution in [3.05, 3.63) is 42.0 Å². The summed E-state index contributed by atoms with van der Waals surface area (Å²) in [6.45, 7) is 5.67. The van der Waals surface area contributed by atoms with Gasteiger partial charge in [-0.3, -0.25) is 4.68 Å². The Labute approximate surface area is 120 Å². The number of para-hydroxylation sites is 1. The van der Waals surface area contributed by atoms with Crippen LogP contribution in [0.25, 0.3) is 0 Å². The summed E-state index contributed by atoms with van der Waals surface area (Å²) < 4.78 is 7.38. The van der Waals surface area contributed by atoms with Gasteiger partial charge in [-0.05, 0) is 19.9 Å². The zero-order chi connectivity index (χ0) is 14.4. The van der Waals surface area contributed by atoms with E-state index in [1.807, 2.05) is 32.2 Å². The van der Waals surface area contributed by atoms with Crippen LogP contribution in [0.1, 0.15) is 31.3 Å². The third-order valence-electron chi connectivity index (χ3n) is 3.13. The summed E-state index contributed by atoms with van der Waals surface area (Å²) in [5, 5.41) is 7.75. The highest BCUT2D eigenvalue weighted by Crippen LogP contribution is 2.24. The van der Waals surface area contributed by atoms with Crippen LogP contribution in [0.5, 0.6) is 5.75 Å². The monoisotopic (exact) mass is 274 g/mol. The normalized spacial score (nSPS) is 12.3. The largest absolute Gasteiger partial charge is 0.494 e. The number of rotatable bonds is 7. The number of benzene rings is 1. The number of aryl methyl sites for hydroxylation is 1. The smallest absolute Gasteiger partial charge is 0.151 e. The molecular formula is C15H22N4O. The van der Waals surface area contributed by atoms with Gasteiger partial charge in [0, 0.05) is 31.6 Å². The van der Waals surface area contributed by atoms with Gasteiger partial charge in [0.1, 0.15) is 12.1 Å². The van der Waals surface area contributed by atoms with Crippen molar-refractivity contribution in [3.63, 3.8) is 0 Å². The Morgan fingerprint density at radius 1 is 1.35 bits per heavy atom. The van der Waals surface area contributed by atoms with E-state index in [9.17, 15) is 0 Å². The quantitative estimate of drug-likeness (QED) is 0.840. The van der Waals surface area contributed by atoms with Crippen LogP contribution in [-0.4, -0.2) is 27.9 Å². The number of hydrogen-bond donors (Lipinski definition) is 1. The summed E-state index contributed by atoms with van der Waals surface area (Å²) in [4.78, 5) is 4.22. The average molecular weight is 274 g/mol. The molecule has 0 saturated heterocycles. The van der Waals surface area contributed by atoms with E-state index in [1.54, 1.807) is 11.0 Å². The van der Waals surface area contributed by atoms with Crippen LogP contribution in [0.3, 0.4) is 0 Å². The Morgan fingerprint density at radius 2 is 2.15 bits per heavy atom. The molecule has 0 saturated carbocycles. The first-order valence-corrected chi connectivity index (χ1v) is 7.00. The van der Waals surface area contributed by atoms with E-state index < -0.39 is 0 Å². The van der Waals surface area contributed by atoms with Crippen LogP contribution in [0.15, 0.2) is 30.6 Å². The van der Waals surface area contributed by atoms with Crippen molar-refractivity contribution in [1.82, 2.24) is 20.1 Å². The van der Waals surface area contributed by atoms with Gasteiger partial charge in [-0.15, -0.1) is 0 Å². The molecule has 1 unspecified atom stereocenters. The highest BCUT2D eigenvalue weighted by atomic mass is 16.5. The lowest BCUT2D eigenvalue weighted by Crippen LogP contribution is -2.22. The highest BCUT2D eigenvalue weighted by Gasteiger charge is 2.10. The topological polar surface area (TPSA) is 52.0 Å². The standard InChI is InChI=1S/C15H22N4O/c1-4-20-14-8-6-5-7-13(14)12(2)16-10-9-15-17-11-19(3)18-15/h5-8,11-12,16H,4,9-10H2,1-3H3. The summed E-state index contributed by atoms with van der Waals surface area (Å²) in [5.41, 5.74) is 1.18. The van der Waals surface area contributed by atoms with Gasteiger partial charge in [0.25, 0.3) is 0 Å². The minimum Gasteiger partial charge on any atom is -0.494 e. The summed E-state index contributed by atoms with van der Waals surface area (Å²) in [7, 11) is 1.88. The molecule has 0 bridgehead atoms. The van der Waals surface area contributed by atoms with Gasteiger partial charge >= 0.3 is 0 Å². The molecule has 20 heavy (non-hydrogen) atoms. The summed E-state index contributed by atoms with van der Waals surface area (Å²) in [6.07, 6.45) is 2.55. The predicted molar refractivity (Wildman–Crippen MR) is 78.7 cm³/mol. The van der Waals surface area contributed by atoms with Crippen molar-refractivity contribution in [2.45, 2.75) is 26.3 Å². The Morgan fingerprint density at radius 3 is 2.85 bits per heavy atom. The fraction of sp³-hybridized carbons (Fsp3) is 0.467. The maximum atomic E-state index is 5.66. The van der Waals surface area contributed by atoms with E-state index in [0.717, 1.165) is 24.5 Å².